The summed E-state index contributed by atoms with van der Waals surface area (Å²) in [5, 5.41) is 0. The molecule has 2 nitrogen and oxygen atoms in total. The third-order valence-corrected chi connectivity index (χ3v) is 25.2. The summed E-state index contributed by atoms with van der Waals surface area (Å²) >= 11 is 0. The van der Waals surface area contributed by atoms with E-state index in [4.69, 9.17) is 0 Å². The lowest BCUT2D eigenvalue weighted by molar-refractivity contribution is 0.660. The van der Waals surface area contributed by atoms with E-state index in [1.54, 1.807) is 0 Å². The Balaban J connectivity index is 0.691. The number of hydrogen-bond acceptors (Lipinski definition) is 2. The molecule has 0 saturated heterocycles. The van der Waals surface area contributed by atoms with Crippen LogP contribution in [0.15, 0.2) is 413 Å². The second-order valence-electron chi connectivity index (χ2n) is 31.7. The molecule has 0 N–H and O–H groups in total. The minimum Gasteiger partial charge on any atom is -0.310 e. The smallest absolute Gasteiger partial charge is 0.0713 e. The highest BCUT2D eigenvalue weighted by Crippen LogP contribution is 2.63. The summed E-state index contributed by atoms with van der Waals surface area (Å²) in [6, 6.07) is 155. The van der Waals surface area contributed by atoms with Crippen LogP contribution in [0.25, 0.3) is 89.0 Å². The van der Waals surface area contributed by atoms with Crippen molar-refractivity contribution in [1.29, 1.82) is 0 Å². The maximum absolute atomic E-state index is 2.56. The summed E-state index contributed by atoms with van der Waals surface area (Å²) in [4.78, 5) is 5.08. The fourth-order valence-electron chi connectivity index (χ4n) is 20.1. The summed E-state index contributed by atoms with van der Waals surface area (Å²) < 4.78 is 0. The van der Waals surface area contributed by atoms with Crippen molar-refractivity contribution in [3.05, 3.63) is 479 Å². The molecule has 0 spiro atoms. The topological polar surface area (TPSA) is 6.48 Å². The van der Waals surface area contributed by atoms with Crippen molar-refractivity contribution in [2.24, 2.45) is 0 Å². The SMILES string of the molecule is CC1(C)c2ccccc2-c2c(N(c3ccc(-c4ccccc4)cc3)c3ccc4c(c3)-c3cc(-c5cccc(-c6ccc(-c7ccccc7N(c7ccc8c(c7)-c7ccccc7C8(c7ccccc7)c7ccccc7)c7cccc8c7-c7ccccc7C8(C)C)cc6)c5)ccc3C4(c3ccccc3)c3ccccc3)cccc21. The molecular formula is C110H80N2. The van der Waals surface area contributed by atoms with Crippen molar-refractivity contribution in [3.8, 4) is 89.0 Å². The number of hydrogen-bond donors (Lipinski definition) is 0. The molecule has 0 atom stereocenters. The van der Waals surface area contributed by atoms with Crippen LogP contribution in [0.5, 0.6) is 0 Å². The Bertz CT molecular complexity index is 6450. The highest BCUT2D eigenvalue weighted by Gasteiger charge is 2.49. The Morgan fingerprint density at radius 2 is 0.473 bits per heavy atom. The van der Waals surface area contributed by atoms with E-state index in [0.717, 1.165) is 67.5 Å². The zero-order chi connectivity index (χ0) is 74.9. The van der Waals surface area contributed by atoms with Gasteiger partial charge in [-0.2, -0.15) is 0 Å². The van der Waals surface area contributed by atoms with Gasteiger partial charge in [0.15, 0.2) is 0 Å². The third-order valence-electron chi connectivity index (χ3n) is 25.2. The largest absolute Gasteiger partial charge is 0.310 e. The molecule has 17 aromatic carbocycles. The highest BCUT2D eigenvalue weighted by molar-refractivity contribution is 6.02. The van der Waals surface area contributed by atoms with Gasteiger partial charge in [-0.05, 0) is 206 Å². The minimum atomic E-state index is -0.614. The van der Waals surface area contributed by atoms with Gasteiger partial charge in [0, 0.05) is 44.6 Å². The first-order valence-corrected chi connectivity index (χ1v) is 39.4. The van der Waals surface area contributed by atoms with Crippen LogP contribution in [-0.2, 0) is 21.7 Å². The zero-order valence-electron chi connectivity index (χ0n) is 63.2. The summed E-state index contributed by atoms with van der Waals surface area (Å²) in [6.45, 7) is 9.53. The quantitative estimate of drug-likeness (QED) is 0.107. The van der Waals surface area contributed by atoms with E-state index in [1.807, 2.05) is 0 Å². The molecule has 0 aliphatic heterocycles. The third kappa shape index (κ3) is 10.0. The average Bonchev–Trinajstić information content (AvgIpc) is 1.53. The molecule has 0 amide bonds. The normalized spacial score (nSPS) is 14.2. The molecule has 0 heterocycles. The predicted molar refractivity (Wildman–Crippen MR) is 467 cm³/mol. The number of nitrogens with zero attached hydrogens (tertiary/aromatic N) is 2. The molecule has 0 bridgehead atoms. The number of para-hydroxylation sites is 1. The molecular weight excluding hydrogens is 1350 g/mol. The lowest BCUT2D eigenvalue weighted by atomic mass is 9.67. The monoisotopic (exact) mass is 1430 g/mol. The standard InChI is InChI=1S/C110H80N2/c1-107(2)94-47-24-21-45-89(94)105-100(107)50-29-53-103(105)111(84-62-59-74(60-63-84)73-31-10-5-11-32-73)85-64-67-99-93(71-85)91-70-79(61-66-97(91)110(99,82-39-16-8-17-40-82)83-41-18-9-19-42-83)78-34-28-33-77(69-78)75-55-57-76(58-56-75)87-43-23-27-52-102(87)112(104-54-30-51-101-106(104)90-46-22-25-48-95(90)108(101,3)4)86-65-68-98-92(72-86)88-44-20-26-49-96(88)109(98,80-35-12-6-13-36-80)81-37-14-7-15-38-81/h5-72H,1-4H3. The molecule has 530 valence electrons. The number of rotatable bonds is 14. The molecule has 0 aromatic heterocycles. The Morgan fingerprint density at radius 1 is 0.170 bits per heavy atom. The zero-order valence-corrected chi connectivity index (χ0v) is 63.2. The molecule has 17 aromatic rings. The van der Waals surface area contributed by atoms with Gasteiger partial charge in [0.05, 0.1) is 27.9 Å². The lowest BCUT2D eigenvalue weighted by Crippen LogP contribution is -2.28. The molecule has 4 aliphatic rings. The van der Waals surface area contributed by atoms with E-state index in [1.165, 1.54) is 122 Å². The Kier molecular flexibility index (Phi) is 15.5. The second kappa shape index (κ2) is 26.0. The first kappa shape index (κ1) is 66.5. The molecule has 21 rings (SSSR count). The molecule has 2 heteroatoms. The molecule has 0 fully saturated rings. The van der Waals surface area contributed by atoms with Gasteiger partial charge < -0.3 is 9.80 Å². The lowest BCUT2D eigenvalue weighted by Gasteiger charge is -2.34. The second-order valence-corrected chi connectivity index (χ2v) is 31.7. The first-order valence-electron chi connectivity index (χ1n) is 39.4. The van der Waals surface area contributed by atoms with Gasteiger partial charge in [0.25, 0.3) is 0 Å². The maximum Gasteiger partial charge on any atom is 0.0713 e. The number of fused-ring (bicyclic) bond motifs is 12. The Morgan fingerprint density at radius 3 is 1.00 bits per heavy atom. The minimum absolute atomic E-state index is 0.184. The van der Waals surface area contributed by atoms with Crippen LogP contribution in [0.2, 0.25) is 0 Å². The molecule has 0 saturated carbocycles. The molecule has 0 unspecified atom stereocenters. The van der Waals surface area contributed by atoms with E-state index in [0.29, 0.717) is 0 Å². The number of benzene rings is 17. The predicted octanol–water partition coefficient (Wildman–Crippen LogP) is 28.6. The molecule has 0 radical (unpaired) electrons. The summed E-state index contributed by atoms with van der Waals surface area (Å²) in [5.41, 5.74) is 39.9. The van der Waals surface area contributed by atoms with E-state index < -0.39 is 10.8 Å². The van der Waals surface area contributed by atoms with Gasteiger partial charge in [-0.25, -0.2) is 0 Å². The summed E-state index contributed by atoms with van der Waals surface area (Å²) in [6.07, 6.45) is 0. The summed E-state index contributed by atoms with van der Waals surface area (Å²) in [7, 11) is 0. The van der Waals surface area contributed by atoms with Crippen molar-refractivity contribution in [2.45, 2.75) is 49.4 Å². The Hall–Kier alpha value is -13.7. The van der Waals surface area contributed by atoms with Crippen molar-refractivity contribution < 1.29 is 0 Å². The van der Waals surface area contributed by atoms with Crippen molar-refractivity contribution in [1.82, 2.24) is 0 Å². The summed E-state index contributed by atoms with van der Waals surface area (Å²) in [5.74, 6) is 0. The van der Waals surface area contributed by atoms with Crippen molar-refractivity contribution >= 4 is 34.1 Å². The van der Waals surface area contributed by atoms with E-state index >= 15 is 0 Å². The van der Waals surface area contributed by atoms with E-state index in [-0.39, 0.29) is 10.8 Å². The number of anilines is 6. The fourth-order valence-corrected chi connectivity index (χ4v) is 20.1. The van der Waals surface area contributed by atoms with Gasteiger partial charge in [-0.3, -0.25) is 0 Å². The van der Waals surface area contributed by atoms with Crippen LogP contribution in [-0.4, -0.2) is 0 Å². The van der Waals surface area contributed by atoms with Gasteiger partial charge >= 0.3 is 0 Å². The highest BCUT2D eigenvalue weighted by atomic mass is 15.2. The van der Waals surface area contributed by atoms with Gasteiger partial charge in [0.1, 0.15) is 0 Å². The fraction of sp³-hybridized carbons (Fsp3) is 0.0727. The van der Waals surface area contributed by atoms with Crippen molar-refractivity contribution in [2.75, 3.05) is 9.80 Å². The van der Waals surface area contributed by atoms with E-state index in [2.05, 4.69) is 450 Å². The van der Waals surface area contributed by atoms with Crippen LogP contribution in [0.3, 0.4) is 0 Å². The van der Waals surface area contributed by atoms with Gasteiger partial charge in [-0.1, -0.05) is 373 Å². The van der Waals surface area contributed by atoms with Gasteiger partial charge in [-0.15, -0.1) is 0 Å². The van der Waals surface area contributed by atoms with E-state index in [9.17, 15) is 0 Å². The van der Waals surface area contributed by atoms with Crippen molar-refractivity contribution in [3.63, 3.8) is 0 Å². The van der Waals surface area contributed by atoms with Crippen LogP contribution in [0.4, 0.5) is 34.1 Å². The molecule has 112 heavy (non-hydrogen) atoms. The molecule has 4 aliphatic carbocycles. The van der Waals surface area contributed by atoms with Crippen LogP contribution >= 0.6 is 0 Å². The maximum atomic E-state index is 2.56. The van der Waals surface area contributed by atoms with Crippen LogP contribution < -0.4 is 9.80 Å². The average molecular weight is 1430 g/mol. The van der Waals surface area contributed by atoms with Gasteiger partial charge in [0.2, 0.25) is 0 Å². The Labute approximate surface area is 657 Å². The first-order chi connectivity index (χ1) is 55.1. The van der Waals surface area contributed by atoms with Crippen LogP contribution in [0.1, 0.15) is 94.5 Å². The van der Waals surface area contributed by atoms with Crippen LogP contribution in [0, 0.1) is 0 Å².